The lowest BCUT2D eigenvalue weighted by Gasteiger charge is -2.26. The molecule has 0 saturated heterocycles. The maximum absolute atomic E-state index is 6.47. The highest BCUT2D eigenvalue weighted by Gasteiger charge is 2.21. The lowest BCUT2D eigenvalue weighted by molar-refractivity contribution is 0.578. The summed E-state index contributed by atoms with van der Waals surface area (Å²) in [6.07, 6.45) is 0. The molecule has 20 heavy (non-hydrogen) atoms. The van der Waals surface area contributed by atoms with E-state index in [9.17, 15) is 0 Å². The van der Waals surface area contributed by atoms with Crippen LogP contribution in [-0.4, -0.2) is 0 Å². The highest BCUT2D eigenvalue weighted by atomic mass is 35.5. The molecule has 0 aliphatic carbocycles. The molecule has 2 aromatic rings. The van der Waals surface area contributed by atoms with E-state index in [1.165, 1.54) is 11.1 Å². The number of hydrogen-bond acceptors (Lipinski definition) is 1. The molecule has 2 heteroatoms. The van der Waals surface area contributed by atoms with Gasteiger partial charge in [-0.15, -0.1) is 0 Å². The number of halogens is 1. The van der Waals surface area contributed by atoms with Crippen LogP contribution in [-0.2, 0) is 5.41 Å². The topological polar surface area (TPSA) is 26.0 Å². The third-order valence-corrected chi connectivity index (χ3v) is 4.07. The quantitative estimate of drug-likeness (QED) is 0.827. The van der Waals surface area contributed by atoms with E-state index < -0.39 is 0 Å². The predicted octanol–water partition coefficient (Wildman–Crippen LogP) is 4.99. The van der Waals surface area contributed by atoms with Crippen molar-refractivity contribution in [3.8, 4) is 0 Å². The molecule has 0 heterocycles. The van der Waals surface area contributed by atoms with Gasteiger partial charge in [0.2, 0.25) is 0 Å². The minimum atomic E-state index is -0.150. The Balaban J connectivity index is 2.48. The first kappa shape index (κ1) is 15.1. The van der Waals surface area contributed by atoms with Gasteiger partial charge >= 0.3 is 0 Å². The largest absolute Gasteiger partial charge is 0.320 e. The van der Waals surface area contributed by atoms with Crippen LogP contribution in [0.25, 0.3) is 0 Å². The normalized spacial score (nSPS) is 13.3. The zero-order valence-electron chi connectivity index (χ0n) is 12.6. The minimum absolute atomic E-state index is 0.0721. The molecule has 0 aliphatic rings. The SMILES string of the molecule is Cc1ccc(C(N)c2ccccc2C(C)(C)C)cc1Cl. The molecule has 0 saturated carbocycles. The standard InChI is InChI=1S/C18H22ClN/c1-12-9-10-13(11-16(12)19)17(20)14-7-5-6-8-15(14)18(2,3)4/h5-11,17H,20H2,1-4H3. The van der Waals surface area contributed by atoms with Gasteiger partial charge in [0, 0.05) is 5.02 Å². The molecule has 0 aliphatic heterocycles. The molecule has 1 atom stereocenters. The number of benzene rings is 2. The van der Waals surface area contributed by atoms with Gasteiger partial charge in [0.15, 0.2) is 0 Å². The van der Waals surface area contributed by atoms with E-state index >= 15 is 0 Å². The smallest absolute Gasteiger partial charge is 0.0555 e. The molecule has 1 nitrogen and oxygen atoms in total. The Morgan fingerprint density at radius 3 is 2.30 bits per heavy atom. The third kappa shape index (κ3) is 3.05. The van der Waals surface area contributed by atoms with Gasteiger partial charge in [0.25, 0.3) is 0 Å². The first-order chi connectivity index (χ1) is 9.30. The molecule has 2 N–H and O–H groups in total. The van der Waals surface area contributed by atoms with Gasteiger partial charge < -0.3 is 5.73 Å². The van der Waals surface area contributed by atoms with Crippen LogP contribution in [0.1, 0.15) is 49.1 Å². The average Bonchev–Trinajstić information content (AvgIpc) is 2.40. The van der Waals surface area contributed by atoms with E-state index in [0.717, 1.165) is 16.1 Å². The Morgan fingerprint density at radius 2 is 1.70 bits per heavy atom. The summed E-state index contributed by atoms with van der Waals surface area (Å²) in [7, 11) is 0. The van der Waals surface area contributed by atoms with Crippen LogP contribution in [0.4, 0.5) is 0 Å². The summed E-state index contributed by atoms with van der Waals surface area (Å²) < 4.78 is 0. The molecular formula is C18H22ClN. The van der Waals surface area contributed by atoms with Crippen LogP contribution in [0.2, 0.25) is 5.02 Å². The molecular weight excluding hydrogens is 266 g/mol. The summed E-state index contributed by atoms with van der Waals surface area (Å²) in [4.78, 5) is 0. The highest BCUT2D eigenvalue weighted by molar-refractivity contribution is 6.31. The van der Waals surface area contributed by atoms with E-state index in [1.807, 2.05) is 25.1 Å². The van der Waals surface area contributed by atoms with Crippen molar-refractivity contribution in [3.63, 3.8) is 0 Å². The van der Waals surface area contributed by atoms with Crippen molar-refractivity contribution in [1.82, 2.24) is 0 Å². The van der Waals surface area contributed by atoms with Crippen LogP contribution in [0.3, 0.4) is 0 Å². The fourth-order valence-corrected chi connectivity index (χ4v) is 2.62. The zero-order valence-corrected chi connectivity index (χ0v) is 13.3. The molecule has 106 valence electrons. The molecule has 1 unspecified atom stereocenters. The first-order valence-electron chi connectivity index (χ1n) is 6.92. The molecule has 0 aromatic heterocycles. The summed E-state index contributed by atoms with van der Waals surface area (Å²) in [6.45, 7) is 8.63. The highest BCUT2D eigenvalue weighted by Crippen LogP contribution is 2.32. The Bertz CT molecular complexity index is 611. The molecule has 0 amide bonds. The van der Waals surface area contributed by atoms with Gasteiger partial charge in [-0.25, -0.2) is 0 Å². The fraction of sp³-hybridized carbons (Fsp3) is 0.333. The van der Waals surface area contributed by atoms with E-state index in [2.05, 4.69) is 45.0 Å². The summed E-state index contributed by atoms with van der Waals surface area (Å²) >= 11 is 6.22. The van der Waals surface area contributed by atoms with Crippen LogP contribution in [0.15, 0.2) is 42.5 Å². The molecule has 0 spiro atoms. The Hall–Kier alpha value is -1.31. The fourth-order valence-electron chi connectivity index (χ4n) is 2.43. The van der Waals surface area contributed by atoms with Gasteiger partial charge in [-0.05, 0) is 40.7 Å². The number of hydrogen-bond donors (Lipinski definition) is 1. The molecule has 0 fully saturated rings. The Morgan fingerprint density at radius 1 is 1.05 bits per heavy atom. The van der Waals surface area contributed by atoms with Crippen LogP contribution >= 0.6 is 11.6 Å². The second-order valence-electron chi connectivity index (χ2n) is 6.32. The van der Waals surface area contributed by atoms with E-state index in [1.54, 1.807) is 0 Å². The zero-order chi connectivity index (χ0) is 14.9. The first-order valence-corrected chi connectivity index (χ1v) is 7.29. The number of nitrogens with two attached hydrogens (primary N) is 1. The molecule has 2 rings (SSSR count). The number of aryl methyl sites for hydroxylation is 1. The van der Waals surface area contributed by atoms with Crippen molar-refractivity contribution in [3.05, 3.63) is 69.7 Å². The number of rotatable bonds is 2. The maximum Gasteiger partial charge on any atom is 0.0555 e. The predicted molar refractivity (Wildman–Crippen MR) is 87.4 cm³/mol. The van der Waals surface area contributed by atoms with Crippen molar-refractivity contribution in [2.24, 2.45) is 5.73 Å². The van der Waals surface area contributed by atoms with E-state index in [-0.39, 0.29) is 11.5 Å². The van der Waals surface area contributed by atoms with Gasteiger partial charge in [0.05, 0.1) is 6.04 Å². The van der Waals surface area contributed by atoms with Crippen molar-refractivity contribution >= 4 is 11.6 Å². The van der Waals surface area contributed by atoms with Crippen LogP contribution in [0, 0.1) is 6.92 Å². The van der Waals surface area contributed by atoms with E-state index in [0.29, 0.717) is 0 Å². The molecule has 0 radical (unpaired) electrons. The van der Waals surface area contributed by atoms with Gasteiger partial charge in [-0.3, -0.25) is 0 Å². The summed E-state index contributed by atoms with van der Waals surface area (Å²) in [5.74, 6) is 0. The summed E-state index contributed by atoms with van der Waals surface area (Å²) in [5, 5.41) is 0.770. The van der Waals surface area contributed by atoms with Crippen molar-refractivity contribution in [1.29, 1.82) is 0 Å². The summed E-state index contributed by atoms with van der Waals surface area (Å²) in [6, 6.07) is 14.3. The Kier molecular flexibility index (Phi) is 4.22. The van der Waals surface area contributed by atoms with Crippen LogP contribution < -0.4 is 5.73 Å². The molecule has 0 bridgehead atoms. The average molecular weight is 288 g/mol. The lowest BCUT2D eigenvalue weighted by atomic mass is 9.81. The molecule has 2 aromatic carbocycles. The third-order valence-electron chi connectivity index (χ3n) is 3.66. The summed E-state index contributed by atoms with van der Waals surface area (Å²) in [5.41, 5.74) is 11.1. The van der Waals surface area contributed by atoms with Crippen LogP contribution in [0.5, 0.6) is 0 Å². The second-order valence-corrected chi connectivity index (χ2v) is 6.73. The van der Waals surface area contributed by atoms with Crippen molar-refractivity contribution < 1.29 is 0 Å². The maximum atomic E-state index is 6.47. The monoisotopic (exact) mass is 287 g/mol. The van der Waals surface area contributed by atoms with Gasteiger partial charge in [-0.1, -0.05) is 68.8 Å². The Labute approximate surface area is 126 Å². The van der Waals surface area contributed by atoms with Crippen molar-refractivity contribution in [2.75, 3.05) is 0 Å². The van der Waals surface area contributed by atoms with Crippen molar-refractivity contribution in [2.45, 2.75) is 39.2 Å². The minimum Gasteiger partial charge on any atom is -0.320 e. The van der Waals surface area contributed by atoms with Gasteiger partial charge in [-0.2, -0.15) is 0 Å². The lowest BCUT2D eigenvalue weighted by Crippen LogP contribution is -2.20. The second kappa shape index (κ2) is 5.59. The van der Waals surface area contributed by atoms with E-state index in [4.69, 9.17) is 17.3 Å². The van der Waals surface area contributed by atoms with Gasteiger partial charge in [0.1, 0.15) is 0 Å².